The summed E-state index contributed by atoms with van der Waals surface area (Å²) in [6, 6.07) is 13.3. The number of carbonyl (C=O) groups excluding carboxylic acids is 1. The summed E-state index contributed by atoms with van der Waals surface area (Å²) in [5, 5.41) is 2.86. The number of hydrogen-bond acceptors (Lipinski definition) is 4. The predicted octanol–water partition coefficient (Wildman–Crippen LogP) is 3.55. The van der Waals surface area contributed by atoms with Crippen molar-refractivity contribution in [3.63, 3.8) is 0 Å². The summed E-state index contributed by atoms with van der Waals surface area (Å²) in [5.74, 6) is 0.839. The molecule has 1 amide bonds. The van der Waals surface area contributed by atoms with Crippen LogP contribution in [0.4, 0.5) is 4.39 Å². The molecule has 1 aliphatic rings. The topological polar surface area (TPSA) is 60.5 Å². The number of pyridine rings is 1. The molecule has 0 radical (unpaired) electrons. The minimum Gasteiger partial charge on any atom is -0.454 e. The fourth-order valence-electron chi connectivity index (χ4n) is 2.70. The number of aromatic nitrogens is 1. The minimum atomic E-state index is -0.306. The van der Waals surface area contributed by atoms with E-state index >= 15 is 0 Å². The van der Waals surface area contributed by atoms with E-state index in [1.165, 1.54) is 18.3 Å². The standard InChI is InChI=1S/C20H15FN2O3/c21-17-4-2-14(3-5-17)15-8-16(11-22-10-15)20(24)23-9-13-1-6-18-19(7-13)26-12-25-18/h1-8,10-11H,9,12H2,(H,23,24). The third kappa shape index (κ3) is 3.35. The highest BCUT2D eigenvalue weighted by Gasteiger charge is 2.14. The number of amides is 1. The molecule has 0 spiro atoms. The van der Waals surface area contributed by atoms with Crippen LogP contribution in [0.2, 0.25) is 0 Å². The van der Waals surface area contributed by atoms with Crippen LogP contribution in [-0.2, 0) is 6.54 Å². The first kappa shape index (κ1) is 16.1. The molecule has 2 heterocycles. The number of fused-ring (bicyclic) bond motifs is 1. The van der Waals surface area contributed by atoms with Crippen LogP contribution in [0.25, 0.3) is 11.1 Å². The second-order valence-electron chi connectivity index (χ2n) is 5.84. The smallest absolute Gasteiger partial charge is 0.253 e. The number of ether oxygens (including phenoxy) is 2. The van der Waals surface area contributed by atoms with Gasteiger partial charge in [0.05, 0.1) is 5.56 Å². The van der Waals surface area contributed by atoms with Crippen molar-refractivity contribution in [2.24, 2.45) is 0 Å². The van der Waals surface area contributed by atoms with Crippen LogP contribution in [-0.4, -0.2) is 17.7 Å². The number of carbonyl (C=O) groups is 1. The Labute approximate surface area is 149 Å². The van der Waals surface area contributed by atoms with Crippen molar-refractivity contribution in [1.29, 1.82) is 0 Å². The Balaban J connectivity index is 1.46. The lowest BCUT2D eigenvalue weighted by Gasteiger charge is -2.08. The SMILES string of the molecule is O=C(NCc1ccc2c(c1)OCO2)c1cncc(-c2ccc(F)cc2)c1. The monoisotopic (exact) mass is 350 g/mol. The summed E-state index contributed by atoms with van der Waals surface area (Å²) in [6.45, 7) is 0.573. The molecule has 1 aromatic heterocycles. The number of nitrogens with zero attached hydrogens (tertiary/aromatic N) is 1. The lowest BCUT2D eigenvalue weighted by Crippen LogP contribution is -2.22. The Morgan fingerprint density at radius 2 is 1.81 bits per heavy atom. The molecule has 1 N–H and O–H groups in total. The highest BCUT2D eigenvalue weighted by Crippen LogP contribution is 2.32. The van der Waals surface area contributed by atoms with Gasteiger partial charge in [0, 0.05) is 24.5 Å². The van der Waals surface area contributed by atoms with E-state index in [2.05, 4.69) is 10.3 Å². The molecule has 2 aromatic carbocycles. The van der Waals surface area contributed by atoms with E-state index in [0.717, 1.165) is 16.7 Å². The zero-order valence-electron chi connectivity index (χ0n) is 13.7. The van der Waals surface area contributed by atoms with Gasteiger partial charge in [0.2, 0.25) is 6.79 Å². The molecule has 0 bridgehead atoms. The number of nitrogens with one attached hydrogen (secondary N) is 1. The van der Waals surface area contributed by atoms with Crippen LogP contribution in [0, 0.1) is 5.82 Å². The molecule has 0 saturated carbocycles. The first-order valence-electron chi connectivity index (χ1n) is 8.07. The van der Waals surface area contributed by atoms with Crippen LogP contribution in [0.15, 0.2) is 60.9 Å². The quantitative estimate of drug-likeness (QED) is 0.782. The summed E-state index contributed by atoms with van der Waals surface area (Å²) < 4.78 is 23.7. The Morgan fingerprint density at radius 3 is 2.65 bits per heavy atom. The average Bonchev–Trinajstić information content (AvgIpc) is 3.14. The molecule has 0 fully saturated rings. The molecular formula is C20H15FN2O3. The van der Waals surface area contributed by atoms with E-state index in [4.69, 9.17) is 9.47 Å². The van der Waals surface area contributed by atoms with Crippen LogP contribution in [0.3, 0.4) is 0 Å². The van der Waals surface area contributed by atoms with Crippen molar-refractivity contribution in [3.8, 4) is 22.6 Å². The van der Waals surface area contributed by atoms with Gasteiger partial charge < -0.3 is 14.8 Å². The fraction of sp³-hybridized carbons (Fsp3) is 0.100. The number of halogens is 1. The Kier molecular flexibility index (Phi) is 4.23. The molecule has 0 saturated heterocycles. The molecule has 130 valence electrons. The van der Waals surface area contributed by atoms with E-state index < -0.39 is 0 Å². The zero-order chi connectivity index (χ0) is 17.9. The third-order valence-corrected chi connectivity index (χ3v) is 4.07. The van der Waals surface area contributed by atoms with Crippen LogP contribution < -0.4 is 14.8 Å². The van der Waals surface area contributed by atoms with Gasteiger partial charge in [0.25, 0.3) is 5.91 Å². The van der Waals surface area contributed by atoms with Gasteiger partial charge in [-0.1, -0.05) is 18.2 Å². The lowest BCUT2D eigenvalue weighted by atomic mass is 10.1. The molecule has 1 aliphatic heterocycles. The van der Waals surface area contributed by atoms with Crippen molar-refractivity contribution < 1.29 is 18.7 Å². The van der Waals surface area contributed by atoms with Gasteiger partial charge >= 0.3 is 0 Å². The van der Waals surface area contributed by atoms with E-state index in [1.54, 1.807) is 24.4 Å². The van der Waals surface area contributed by atoms with Crippen molar-refractivity contribution in [1.82, 2.24) is 10.3 Å². The summed E-state index contributed by atoms with van der Waals surface area (Å²) in [6.07, 6.45) is 3.14. The zero-order valence-corrected chi connectivity index (χ0v) is 13.7. The molecule has 4 rings (SSSR count). The van der Waals surface area contributed by atoms with Crippen LogP contribution in [0.5, 0.6) is 11.5 Å². The van der Waals surface area contributed by atoms with Crippen LogP contribution in [0.1, 0.15) is 15.9 Å². The molecular weight excluding hydrogens is 335 g/mol. The summed E-state index contributed by atoms with van der Waals surface area (Å²) in [4.78, 5) is 16.5. The highest BCUT2D eigenvalue weighted by atomic mass is 19.1. The van der Waals surface area contributed by atoms with Crippen molar-refractivity contribution in [2.75, 3.05) is 6.79 Å². The van der Waals surface area contributed by atoms with Crippen LogP contribution >= 0.6 is 0 Å². The van der Waals surface area contributed by atoms with E-state index in [9.17, 15) is 9.18 Å². The molecule has 0 atom stereocenters. The second-order valence-corrected chi connectivity index (χ2v) is 5.84. The average molecular weight is 350 g/mol. The van der Waals surface area contributed by atoms with Gasteiger partial charge in [-0.15, -0.1) is 0 Å². The molecule has 0 unspecified atom stereocenters. The molecule has 0 aliphatic carbocycles. The van der Waals surface area contributed by atoms with Gasteiger partial charge in [0.15, 0.2) is 11.5 Å². The first-order chi connectivity index (χ1) is 12.7. The second kappa shape index (κ2) is 6.84. The van der Waals surface area contributed by atoms with Crippen molar-refractivity contribution in [2.45, 2.75) is 6.54 Å². The van der Waals surface area contributed by atoms with Gasteiger partial charge in [-0.3, -0.25) is 9.78 Å². The van der Waals surface area contributed by atoms with Gasteiger partial charge in [-0.25, -0.2) is 4.39 Å². The molecule has 3 aromatic rings. The summed E-state index contributed by atoms with van der Waals surface area (Å²) >= 11 is 0. The first-order valence-corrected chi connectivity index (χ1v) is 8.07. The van der Waals surface area contributed by atoms with E-state index in [-0.39, 0.29) is 18.5 Å². The molecule has 26 heavy (non-hydrogen) atoms. The third-order valence-electron chi connectivity index (χ3n) is 4.07. The van der Waals surface area contributed by atoms with E-state index in [1.807, 2.05) is 18.2 Å². The Morgan fingerprint density at radius 1 is 1.00 bits per heavy atom. The number of hydrogen-bond donors (Lipinski definition) is 1. The molecule has 6 heteroatoms. The lowest BCUT2D eigenvalue weighted by molar-refractivity contribution is 0.0950. The largest absolute Gasteiger partial charge is 0.454 e. The fourth-order valence-corrected chi connectivity index (χ4v) is 2.70. The van der Waals surface area contributed by atoms with Gasteiger partial charge in [0.1, 0.15) is 5.82 Å². The highest BCUT2D eigenvalue weighted by molar-refractivity contribution is 5.95. The Bertz CT molecular complexity index is 958. The minimum absolute atomic E-state index is 0.215. The number of rotatable bonds is 4. The maximum absolute atomic E-state index is 13.1. The predicted molar refractivity (Wildman–Crippen MR) is 93.4 cm³/mol. The number of benzene rings is 2. The maximum Gasteiger partial charge on any atom is 0.253 e. The summed E-state index contributed by atoms with van der Waals surface area (Å²) in [5.41, 5.74) is 2.89. The summed E-state index contributed by atoms with van der Waals surface area (Å²) in [7, 11) is 0. The van der Waals surface area contributed by atoms with Gasteiger partial charge in [-0.05, 0) is 41.5 Å². The van der Waals surface area contributed by atoms with Crippen molar-refractivity contribution >= 4 is 5.91 Å². The van der Waals surface area contributed by atoms with Crippen molar-refractivity contribution in [3.05, 3.63) is 77.9 Å². The van der Waals surface area contributed by atoms with Gasteiger partial charge in [-0.2, -0.15) is 0 Å². The molecule has 5 nitrogen and oxygen atoms in total. The maximum atomic E-state index is 13.1. The van der Waals surface area contributed by atoms with E-state index in [0.29, 0.717) is 23.6 Å². The normalized spacial score (nSPS) is 12.0. The Hall–Kier alpha value is -3.41.